The van der Waals surface area contributed by atoms with Crippen LogP contribution in [-0.2, 0) is 5.41 Å². The van der Waals surface area contributed by atoms with Gasteiger partial charge in [-0.3, -0.25) is 0 Å². The highest BCUT2D eigenvalue weighted by Gasteiger charge is 2.18. The lowest BCUT2D eigenvalue weighted by atomic mass is 9.87. The monoisotopic (exact) mass is 196 g/mol. The summed E-state index contributed by atoms with van der Waals surface area (Å²) < 4.78 is 4.84. The van der Waals surface area contributed by atoms with Gasteiger partial charge in [0.1, 0.15) is 0 Å². The van der Waals surface area contributed by atoms with Crippen molar-refractivity contribution in [3.63, 3.8) is 0 Å². The number of aromatic hydroxyl groups is 2. The smallest absolute Gasteiger partial charge is 0.202 e. The lowest BCUT2D eigenvalue weighted by Crippen LogP contribution is -2.10. The predicted octanol–water partition coefficient (Wildman–Crippen LogP) is 2.40. The number of phenolic OH excluding ortho intramolecular Hbond substituents is 2. The molecule has 0 radical (unpaired) electrons. The Kier molecular flexibility index (Phi) is 2.60. The van der Waals surface area contributed by atoms with Crippen LogP contribution in [0.25, 0.3) is 0 Å². The lowest BCUT2D eigenvalue weighted by Gasteiger charge is -2.20. The van der Waals surface area contributed by atoms with Crippen LogP contribution in [0.3, 0.4) is 0 Å². The Labute approximate surface area is 84.0 Å². The van der Waals surface area contributed by atoms with Crippen LogP contribution in [0.1, 0.15) is 26.3 Å². The van der Waals surface area contributed by atoms with Crippen LogP contribution in [0.5, 0.6) is 17.2 Å². The molecule has 0 bridgehead atoms. The third-order valence-corrected chi connectivity index (χ3v) is 2.12. The number of hydrogen-bond acceptors (Lipinski definition) is 3. The molecule has 0 fully saturated rings. The number of hydrogen-bond donors (Lipinski definition) is 2. The Morgan fingerprint density at radius 2 is 1.50 bits per heavy atom. The maximum atomic E-state index is 9.55. The Balaban J connectivity index is 3.28. The zero-order valence-corrected chi connectivity index (χ0v) is 8.96. The zero-order valence-electron chi connectivity index (χ0n) is 8.96. The highest BCUT2D eigenvalue weighted by Crippen LogP contribution is 2.39. The summed E-state index contributed by atoms with van der Waals surface area (Å²) in [5.41, 5.74) is 0.759. The second-order valence-electron chi connectivity index (χ2n) is 4.30. The van der Waals surface area contributed by atoms with Gasteiger partial charge in [-0.25, -0.2) is 0 Å². The van der Waals surface area contributed by atoms with Crippen LogP contribution in [0, 0.1) is 0 Å². The Morgan fingerprint density at radius 1 is 1.07 bits per heavy atom. The number of ether oxygens (including phenoxy) is 1. The van der Waals surface area contributed by atoms with Crippen molar-refractivity contribution in [1.82, 2.24) is 0 Å². The van der Waals surface area contributed by atoms with E-state index in [1.807, 2.05) is 20.8 Å². The first-order valence-corrected chi connectivity index (χ1v) is 4.46. The summed E-state index contributed by atoms with van der Waals surface area (Å²) in [7, 11) is 1.41. The molecule has 0 saturated heterocycles. The van der Waals surface area contributed by atoms with E-state index in [-0.39, 0.29) is 22.7 Å². The van der Waals surface area contributed by atoms with Gasteiger partial charge in [0.25, 0.3) is 0 Å². The SMILES string of the molecule is COc1c(O)cc(C(C)(C)C)cc1O. The maximum absolute atomic E-state index is 9.55. The van der Waals surface area contributed by atoms with Gasteiger partial charge in [-0.2, -0.15) is 0 Å². The fourth-order valence-electron chi connectivity index (χ4n) is 1.24. The number of rotatable bonds is 1. The van der Waals surface area contributed by atoms with Gasteiger partial charge in [0, 0.05) is 0 Å². The van der Waals surface area contributed by atoms with Crippen molar-refractivity contribution in [3.8, 4) is 17.2 Å². The van der Waals surface area contributed by atoms with Crippen molar-refractivity contribution in [1.29, 1.82) is 0 Å². The normalized spacial score (nSPS) is 11.4. The summed E-state index contributed by atoms with van der Waals surface area (Å²) in [4.78, 5) is 0. The molecule has 0 aliphatic heterocycles. The van der Waals surface area contributed by atoms with Crippen LogP contribution < -0.4 is 4.74 Å². The van der Waals surface area contributed by atoms with E-state index >= 15 is 0 Å². The number of phenols is 2. The van der Waals surface area contributed by atoms with Crippen molar-refractivity contribution < 1.29 is 14.9 Å². The summed E-state index contributed by atoms with van der Waals surface area (Å²) in [6.45, 7) is 6.02. The number of benzene rings is 1. The van der Waals surface area contributed by atoms with E-state index in [1.165, 1.54) is 7.11 Å². The first-order chi connectivity index (χ1) is 6.36. The minimum atomic E-state index is -0.110. The first kappa shape index (κ1) is 10.7. The third-order valence-electron chi connectivity index (χ3n) is 2.12. The maximum Gasteiger partial charge on any atom is 0.202 e. The van der Waals surface area contributed by atoms with Crippen LogP contribution in [0.4, 0.5) is 0 Å². The minimum Gasteiger partial charge on any atom is -0.504 e. The molecule has 1 aromatic rings. The molecule has 0 aliphatic carbocycles. The average molecular weight is 196 g/mol. The second-order valence-corrected chi connectivity index (χ2v) is 4.30. The summed E-state index contributed by atoms with van der Waals surface area (Å²) in [5.74, 6) is 0.0628. The van der Waals surface area contributed by atoms with Crippen LogP contribution in [0.2, 0.25) is 0 Å². The van der Waals surface area contributed by atoms with E-state index in [4.69, 9.17) is 4.74 Å². The highest BCUT2D eigenvalue weighted by molar-refractivity contribution is 5.53. The Bertz CT molecular complexity index is 314. The van der Waals surface area contributed by atoms with E-state index in [2.05, 4.69) is 0 Å². The molecule has 2 N–H and O–H groups in total. The fraction of sp³-hybridized carbons (Fsp3) is 0.455. The standard InChI is InChI=1S/C11H16O3/c1-11(2,3)7-5-8(12)10(14-4)9(13)6-7/h5-6,12-13H,1-4H3. The van der Waals surface area contributed by atoms with Crippen LogP contribution >= 0.6 is 0 Å². The Hall–Kier alpha value is -1.38. The van der Waals surface area contributed by atoms with Gasteiger partial charge < -0.3 is 14.9 Å². The molecule has 1 aromatic carbocycles. The van der Waals surface area contributed by atoms with Gasteiger partial charge in [-0.1, -0.05) is 20.8 Å². The molecule has 0 amide bonds. The topological polar surface area (TPSA) is 49.7 Å². The summed E-state index contributed by atoms with van der Waals surface area (Å²) in [6.07, 6.45) is 0. The van der Waals surface area contributed by atoms with Gasteiger partial charge in [-0.15, -0.1) is 0 Å². The number of methoxy groups -OCH3 is 1. The van der Waals surface area contributed by atoms with E-state index in [9.17, 15) is 10.2 Å². The molecule has 1 rings (SSSR count). The van der Waals surface area contributed by atoms with Crippen molar-refractivity contribution in [2.45, 2.75) is 26.2 Å². The molecule has 14 heavy (non-hydrogen) atoms. The zero-order chi connectivity index (χ0) is 10.9. The van der Waals surface area contributed by atoms with E-state index in [0.29, 0.717) is 0 Å². The molecular weight excluding hydrogens is 180 g/mol. The molecule has 0 atom stereocenters. The molecule has 78 valence electrons. The lowest BCUT2D eigenvalue weighted by molar-refractivity contribution is 0.342. The van der Waals surface area contributed by atoms with Gasteiger partial charge in [0.15, 0.2) is 11.5 Å². The fourth-order valence-corrected chi connectivity index (χ4v) is 1.24. The van der Waals surface area contributed by atoms with Crippen molar-refractivity contribution in [2.24, 2.45) is 0 Å². The molecule has 0 saturated carbocycles. The summed E-state index contributed by atoms with van der Waals surface area (Å²) in [6, 6.07) is 3.22. The molecule has 0 aliphatic rings. The van der Waals surface area contributed by atoms with E-state index < -0.39 is 0 Å². The summed E-state index contributed by atoms with van der Waals surface area (Å²) >= 11 is 0. The van der Waals surface area contributed by atoms with E-state index in [1.54, 1.807) is 12.1 Å². The second kappa shape index (κ2) is 3.40. The molecule has 3 nitrogen and oxygen atoms in total. The molecule has 0 unspecified atom stereocenters. The highest BCUT2D eigenvalue weighted by atomic mass is 16.5. The average Bonchev–Trinajstić information content (AvgIpc) is 2.01. The first-order valence-electron chi connectivity index (χ1n) is 4.46. The minimum absolute atomic E-state index is 0.0302. The van der Waals surface area contributed by atoms with Crippen LogP contribution in [0.15, 0.2) is 12.1 Å². The summed E-state index contributed by atoms with van der Waals surface area (Å²) in [5, 5.41) is 19.1. The molecular formula is C11H16O3. The quantitative estimate of drug-likeness (QED) is 0.725. The van der Waals surface area contributed by atoms with Crippen molar-refractivity contribution in [3.05, 3.63) is 17.7 Å². The van der Waals surface area contributed by atoms with Gasteiger partial charge in [-0.05, 0) is 23.1 Å². The van der Waals surface area contributed by atoms with Gasteiger partial charge in [0.05, 0.1) is 7.11 Å². The third kappa shape index (κ3) is 1.92. The van der Waals surface area contributed by atoms with E-state index in [0.717, 1.165) is 5.56 Å². The van der Waals surface area contributed by atoms with Crippen molar-refractivity contribution >= 4 is 0 Å². The molecule has 0 aromatic heterocycles. The molecule has 3 heteroatoms. The van der Waals surface area contributed by atoms with Gasteiger partial charge >= 0.3 is 0 Å². The van der Waals surface area contributed by atoms with Crippen LogP contribution in [-0.4, -0.2) is 17.3 Å². The molecule has 0 heterocycles. The predicted molar refractivity (Wildman–Crippen MR) is 55.0 cm³/mol. The van der Waals surface area contributed by atoms with Gasteiger partial charge in [0.2, 0.25) is 5.75 Å². The largest absolute Gasteiger partial charge is 0.504 e. The Morgan fingerprint density at radius 3 is 1.79 bits per heavy atom. The van der Waals surface area contributed by atoms with Crippen molar-refractivity contribution in [2.75, 3.05) is 7.11 Å². The molecule has 0 spiro atoms.